The molecule has 0 radical (unpaired) electrons. The smallest absolute Gasteiger partial charge is 0.293 e. The zero-order valence-electron chi connectivity index (χ0n) is 15.3. The summed E-state index contributed by atoms with van der Waals surface area (Å²) in [4.78, 5) is 24.8. The van der Waals surface area contributed by atoms with E-state index >= 15 is 0 Å². The van der Waals surface area contributed by atoms with Gasteiger partial charge in [0.15, 0.2) is 0 Å². The van der Waals surface area contributed by atoms with Crippen molar-refractivity contribution in [3.8, 4) is 0 Å². The summed E-state index contributed by atoms with van der Waals surface area (Å²) < 4.78 is 32.7. The Kier molecular flexibility index (Phi) is 6.35. The highest BCUT2D eigenvalue weighted by Crippen LogP contribution is 2.28. The number of nitro benzene ring substituents is 1. The number of amides is 1. The van der Waals surface area contributed by atoms with Gasteiger partial charge in [-0.15, -0.1) is 0 Å². The topological polar surface area (TPSA) is 105 Å². The molecular weight excluding hydrogens is 388 g/mol. The average Bonchev–Trinajstić information content (AvgIpc) is 2.72. The third-order valence-corrected chi connectivity index (χ3v) is 4.56. The number of halogens is 2. The molecule has 3 rings (SSSR count). The Bertz CT molecular complexity index is 898. The summed E-state index contributed by atoms with van der Waals surface area (Å²) in [5.74, 6) is -2.18. The maximum absolute atomic E-state index is 13.8. The molecule has 8 nitrogen and oxygen atoms in total. The minimum atomic E-state index is -1.56. The van der Waals surface area contributed by atoms with Crippen molar-refractivity contribution in [2.75, 3.05) is 38.2 Å². The lowest BCUT2D eigenvalue weighted by molar-refractivity contribution is -0.384. The molecule has 2 N–H and O–H groups in total. The fraction of sp³-hybridized carbons (Fsp3) is 0.316. The minimum absolute atomic E-state index is 0.0179. The third-order valence-electron chi connectivity index (χ3n) is 4.56. The van der Waals surface area contributed by atoms with Crippen molar-refractivity contribution in [1.29, 1.82) is 0 Å². The summed E-state index contributed by atoms with van der Waals surface area (Å²) in [5.41, 5.74) is -0.749. The highest BCUT2D eigenvalue weighted by molar-refractivity contribution is 5.95. The number of ether oxygens (including phenoxy) is 1. The third kappa shape index (κ3) is 4.66. The summed E-state index contributed by atoms with van der Waals surface area (Å²) >= 11 is 0. The van der Waals surface area contributed by atoms with Gasteiger partial charge in [0.25, 0.3) is 11.6 Å². The number of hydrogen-bond donors (Lipinski definition) is 2. The standard InChI is InChI=1S/C19H19F2N3O5/c20-13-2-1-3-14(21)18(13)17(25)11-22-15-5-4-12(10-16(15)24(27)28)19(26)23-6-8-29-9-7-23/h1-5,10,17,22,25H,6-9,11H2. The van der Waals surface area contributed by atoms with E-state index in [1.165, 1.54) is 18.2 Å². The van der Waals surface area contributed by atoms with Crippen molar-refractivity contribution in [2.45, 2.75) is 6.10 Å². The number of carbonyl (C=O) groups is 1. The molecular formula is C19H19F2N3O5. The lowest BCUT2D eigenvalue weighted by Crippen LogP contribution is -2.40. The molecule has 0 aromatic heterocycles. The highest BCUT2D eigenvalue weighted by Gasteiger charge is 2.24. The van der Waals surface area contributed by atoms with Crippen LogP contribution in [0.2, 0.25) is 0 Å². The molecule has 0 bridgehead atoms. The van der Waals surface area contributed by atoms with E-state index in [0.29, 0.717) is 26.3 Å². The fourth-order valence-corrected chi connectivity index (χ4v) is 3.05. The molecule has 10 heteroatoms. The first-order valence-corrected chi connectivity index (χ1v) is 8.89. The molecule has 1 fully saturated rings. The van der Waals surface area contributed by atoms with Crippen LogP contribution < -0.4 is 5.32 Å². The molecule has 1 saturated heterocycles. The van der Waals surface area contributed by atoms with E-state index < -0.39 is 28.2 Å². The van der Waals surface area contributed by atoms with Crippen LogP contribution in [-0.4, -0.2) is 53.7 Å². The quantitative estimate of drug-likeness (QED) is 0.563. The zero-order chi connectivity index (χ0) is 21.0. The molecule has 1 heterocycles. The number of carbonyl (C=O) groups excluding carboxylic acids is 1. The predicted octanol–water partition coefficient (Wildman–Crippen LogP) is 2.49. The van der Waals surface area contributed by atoms with E-state index in [4.69, 9.17) is 4.74 Å². The van der Waals surface area contributed by atoms with Crippen molar-refractivity contribution in [2.24, 2.45) is 0 Å². The first kappa shape index (κ1) is 20.6. The van der Waals surface area contributed by atoms with Gasteiger partial charge in [-0.2, -0.15) is 0 Å². The Hall–Kier alpha value is -3.11. The molecule has 1 aliphatic heterocycles. The summed E-state index contributed by atoms with van der Waals surface area (Å²) in [7, 11) is 0. The Morgan fingerprint density at radius 3 is 2.52 bits per heavy atom. The van der Waals surface area contributed by atoms with E-state index in [1.54, 1.807) is 4.90 Å². The molecule has 1 unspecified atom stereocenters. The fourth-order valence-electron chi connectivity index (χ4n) is 3.05. The van der Waals surface area contributed by atoms with E-state index in [0.717, 1.165) is 18.2 Å². The van der Waals surface area contributed by atoms with Crippen LogP contribution in [0.3, 0.4) is 0 Å². The maximum atomic E-state index is 13.8. The van der Waals surface area contributed by atoms with E-state index in [2.05, 4.69) is 5.32 Å². The van der Waals surface area contributed by atoms with Gasteiger partial charge in [-0.25, -0.2) is 8.78 Å². The molecule has 2 aromatic carbocycles. The first-order chi connectivity index (χ1) is 13.9. The second-order valence-electron chi connectivity index (χ2n) is 6.43. The lowest BCUT2D eigenvalue weighted by Gasteiger charge is -2.26. The number of anilines is 1. The van der Waals surface area contributed by atoms with Gasteiger partial charge in [-0.3, -0.25) is 14.9 Å². The summed E-state index contributed by atoms with van der Waals surface area (Å²) in [6, 6.07) is 7.07. The van der Waals surface area contributed by atoms with Crippen LogP contribution in [0.5, 0.6) is 0 Å². The normalized spacial score (nSPS) is 15.1. The number of nitrogens with one attached hydrogen (secondary N) is 1. The number of hydrogen-bond acceptors (Lipinski definition) is 6. The van der Waals surface area contributed by atoms with Gasteiger partial charge < -0.3 is 20.1 Å². The van der Waals surface area contributed by atoms with Crippen molar-refractivity contribution >= 4 is 17.3 Å². The number of rotatable bonds is 6. The first-order valence-electron chi connectivity index (χ1n) is 8.89. The van der Waals surface area contributed by atoms with Crippen molar-refractivity contribution in [3.05, 3.63) is 69.3 Å². The van der Waals surface area contributed by atoms with Crippen LogP contribution in [0, 0.1) is 21.7 Å². The number of benzene rings is 2. The monoisotopic (exact) mass is 407 g/mol. The molecule has 2 aromatic rings. The van der Waals surface area contributed by atoms with Crippen LogP contribution in [0.4, 0.5) is 20.2 Å². The summed E-state index contributed by atoms with van der Waals surface area (Å²) in [5, 5.41) is 24.2. The minimum Gasteiger partial charge on any atom is -0.386 e. The second-order valence-corrected chi connectivity index (χ2v) is 6.43. The molecule has 29 heavy (non-hydrogen) atoms. The Morgan fingerprint density at radius 1 is 1.24 bits per heavy atom. The molecule has 0 saturated carbocycles. The van der Waals surface area contributed by atoms with E-state index in [1.807, 2.05) is 0 Å². The highest BCUT2D eigenvalue weighted by atomic mass is 19.1. The van der Waals surface area contributed by atoms with Crippen molar-refractivity contribution < 1.29 is 28.3 Å². The average molecular weight is 407 g/mol. The Balaban J connectivity index is 1.77. The van der Waals surface area contributed by atoms with Gasteiger partial charge in [0.1, 0.15) is 23.4 Å². The molecule has 0 aliphatic carbocycles. The molecule has 1 amide bonds. The Labute approximate surface area is 164 Å². The van der Waals surface area contributed by atoms with Crippen molar-refractivity contribution in [1.82, 2.24) is 4.90 Å². The van der Waals surface area contributed by atoms with E-state index in [9.17, 15) is 28.8 Å². The van der Waals surface area contributed by atoms with Crippen LogP contribution in [0.1, 0.15) is 22.0 Å². The Morgan fingerprint density at radius 2 is 1.90 bits per heavy atom. The SMILES string of the molecule is O=C(c1ccc(NCC(O)c2c(F)cccc2F)c([N+](=O)[O-])c1)N1CCOCC1. The predicted molar refractivity (Wildman–Crippen MR) is 99.6 cm³/mol. The number of aliphatic hydroxyl groups is 1. The zero-order valence-corrected chi connectivity index (χ0v) is 15.3. The largest absolute Gasteiger partial charge is 0.386 e. The van der Waals surface area contributed by atoms with E-state index in [-0.39, 0.29) is 29.4 Å². The summed E-state index contributed by atoms with van der Waals surface area (Å²) in [6.45, 7) is 1.23. The van der Waals surface area contributed by atoms with Gasteiger partial charge >= 0.3 is 0 Å². The number of aliphatic hydroxyl groups excluding tert-OH is 1. The lowest BCUT2D eigenvalue weighted by atomic mass is 10.1. The molecule has 154 valence electrons. The number of nitrogens with zero attached hydrogens (tertiary/aromatic N) is 2. The molecule has 0 spiro atoms. The number of nitro groups is 1. The number of morpholine rings is 1. The summed E-state index contributed by atoms with van der Waals surface area (Å²) in [6.07, 6.45) is -1.56. The van der Waals surface area contributed by atoms with Crippen LogP contribution in [0.25, 0.3) is 0 Å². The van der Waals surface area contributed by atoms with Crippen molar-refractivity contribution in [3.63, 3.8) is 0 Å². The maximum Gasteiger partial charge on any atom is 0.293 e. The van der Waals surface area contributed by atoms with Gasteiger partial charge in [-0.05, 0) is 24.3 Å². The van der Waals surface area contributed by atoms with Gasteiger partial charge in [0.2, 0.25) is 0 Å². The van der Waals surface area contributed by atoms with Crippen LogP contribution in [-0.2, 0) is 4.74 Å². The second kappa shape index (κ2) is 8.93. The van der Waals surface area contributed by atoms with Gasteiger partial charge in [-0.1, -0.05) is 6.07 Å². The molecule has 1 aliphatic rings. The van der Waals surface area contributed by atoms with Crippen LogP contribution >= 0.6 is 0 Å². The van der Waals surface area contributed by atoms with Gasteiger partial charge in [0, 0.05) is 31.3 Å². The van der Waals surface area contributed by atoms with Gasteiger partial charge in [0.05, 0.1) is 23.7 Å². The van der Waals surface area contributed by atoms with Crippen LogP contribution in [0.15, 0.2) is 36.4 Å². The molecule has 1 atom stereocenters.